The first-order valence-corrected chi connectivity index (χ1v) is 9.42. The lowest BCUT2D eigenvalue weighted by Gasteiger charge is -2.32. The van der Waals surface area contributed by atoms with Crippen molar-refractivity contribution in [2.45, 2.75) is 6.92 Å². The summed E-state index contributed by atoms with van der Waals surface area (Å²) in [4.78, 5) is 2.04. The maximum atomic E-state index is 10.2. The van der Waals surface area contributed by atoms with Crippen molar-refractivity contribution in [3.8, 4) is 17.2 Å². The highest BCUT2D eigenvalue weighted by Crippen LogP contribution is 2.51. The molecule has 1 aliphatic heterocycles. The van der Waals surface area contributed by atoms with Crippen LogP contribution >= 0.6 is 47.8 Å². The Kier molecular flexibility index (Phi) is 5.57. The molecule has 1 aliphatic rings. The summed E-state index contributed by atoms with van der Waals surface area (Å²) in [6.07, 6.45) is 0. The fraction of sp³-hybridized carbons (Fsp3) is 0.200. The van der Waals surface area contributed by atoms with Crippen molar-refractivity contribution in [3.63, 3.8) is 0 Å². The summed E-state index contributed by atoms with van der Waals surface area (Å²) in [6.45, 7) is 2.79. The van der Waals surface area contributed by atoms with Gasteiger partial charge in [-0.25, -0.2) is 0 Å². The highest BCUT2D eigenvalue weighted by Gasteiger charge is 2.26. The molecule has 0 aromatic heterocycles. The largest absolute Gasteiger partial charge is 0.506 e. The molecule has 0 unspecified atom stereocenters. The van der Waals surface area contributed by atoms with E-state index >= 15 is 0 Å². The van der Waals surface area contributed by atoms with E-state index in [1.54, 1.807) is 6.07 Å². The van der Waals surface area contributed by atoms with Crippen molar-refractivity contribution >= 4 is 59.2 Å². The molecular formula is C15H14Br3NO2. The van der Waals surface area contributed by atoms with Crippen LogP contribution in [0.25, 0.3) is 0 Å². The number of ether oxygens (including phenoxy) is 1. The molecule has 21 heavy (non-hydrogen) atoms. The highest BCUT2D eigenvalue weighted by atomic mass is 79.9. The molecule has 3 rings (SSSR count). The van der Waals surface area contributed by atoms with Gasteiger partial charge in [0.15, 0.2) is 11.5 Å². The number of rotatable bonds is 1. The van der Waals surface area contributed by atoms with Crippen LogP contribution in [-0.2, 0) is 0 Å². The first-order valence-electron chi connectivity index (χ1n) is 6.25. The van der Waals surface area contributed by atoms with Crippen molar-refractivity contribution < 1.29 is 9.84 Å². The Labute approximate surface area is 149 Å². The Bertz CT molecular complexity index is 662. The van der Waals surface area contributed by atoms with Crippen LogP contribution in [0.15, 0.2) is 39.3 Å². The SMILES string of the molecule is CBr.CCN1c2cc(Br)ccc2Oc2cc(Br)cc(O)c21. The smallest absolute Gasteiger partial charge is 0.156 e. The van der Waals surface area contributed by atoms with Gasteiger partial charge in [-0.05, 0) is 43.1 Å². The third-order valence-electron chi connectivity index (χ3n) is 3.04. The van der Waals surface area contributed by atoms with Crippen molar-refractivity contribution in [2.24, 2.45) is 0 Å². The van der Waals surface area contributed by atoms with Crippen LogP contribution in [0.3, 0.4) is 0 Å². The molecule has 0 bridgehead atoms. The van der Waals surface area contributed by atoms with Crippen molar-refractivity contribution in [1.29, 1.82) is 0 Å². The Morgan fingerprint density at radius 3 is 2.43 bits per heavy atom. The van der Waals surface area contributed by atoms with E-state index in [9.17, 15) is 5.11 Å². The Hall–Kier alpha value is -0.720. The fourth-order valence-electron chi connectivity index (χ4n) is 2.26. The Morgan fingerprint density at radius 1 is 1.05 bits per heavy atom. The molecule has 0 radical (unpaired) electrons. The summed E-state index contributed by atoms with van der Waals surface area (Å²) >= 11 is 9.77. The molecule has 0 saturated heterocycles. The third kappa shape index (κ3) is 3.22. The maximum Gasteiger partial charge on any atom is 0.156 e. The van der Waals surface area contributed by atoms with Gasteiger partial charge >= 0.3 is 0 Å². The standard InChI is InChI=1S/C14H11Br2NO2.CH3Br/c1-2-17-10-5-8(15)3-4-12(10)19-13-7-9(16)6-11(18)14(13)17;1-2/h3-7,18H,2H2,1H3;1H3. The minimum absolute atomic E-state index is 0.205. The van der Waals surface area contributed by atoms with Gasteiger partial charge in [0.05, 0.1) is 5.69 Å². The van der Waals surface area contributed by atoms with E-state index in [4.69, 9.17) is 4.74 Å². The van der Waals surface area contributed by atoms with Gasteiger partial charge in [0, 0.05) is 15.5 Å². The molecule has 112 valence electrons. The molecule has 3 nitrogen and oxygen atoms in total. The van der Waals surface area contributed by atoms with Crippen LogP contribution in [0.5, 0.6) is 17.2 Å². The summed E-state index contributed by atoms with van der Waals surface area (Å²) in [5, 5.41) is 10.2. The number of anilines is 2. The van der Waals surface area contributed by atoms with Crippen LogP contribution in [0.1, 0.15) is 6.92 Å². The molecule has 6 heteroatoms. The molecule has 2 aromatic rings. The topological polar surface area (TPSA) is 32.7 Å². The zero-order valence-corrected chi connectivity index (χ0v) is 16.3. The molecule has 0 atom stereocenters. The summed E-state index contributed by atoms with van der Waals surface area (Å²) in [6, 6.07) is 9.39. The van der Waals surface area contributed by atoms with Crippen LogP contribution < -0.4 is 9.64 Å². The fourth-order valence-corrected chi connectivity index (χ4v) is 3.04. The first kappa shape index (κ1) is 16.6. The van der Waals surface area contributed by atoms with Gasteiger partial charge in [0.2, 0.25) is 0 Å². The zero-order chi connectivity index (χ0) is 15.6. The number of hydrogen-bond donors (Lipinski definition) is 1. The number of benzene rings is 2. The van der Waals surface area contributed by atoms with Crippen molar-refractivity contribution in [1.82, 2.24) is 0 Å². The molecule has 0 aliphatic carbocycles. The second-order valence-electron chi connectivity index (χ2n) is 4.23. The van der Waals surface area contributed by atoms with Gasteiger partial charge in [-0.2, -0.15) is 0 Å². The number of hydrogen-bond acceptors (Lipinski definition) is 3. The zero-order valence-electron chi connectivity index (χ0n) is 11.5. The van der Waals surface area contributed by atoms with Gasteiger partial charge in [-0.15, -0.1) is 0 Å². The van der Waals surface area contributed by atoms with E-state index < -0.39 is 0 Å². The van der Waals surface area contributed by atoms with Crippen LogP contribution in [0.2, 0.25) is 0 Å². The van der Waals surface area contributed by atoms with E-state index in [0.29, 0.717) is 11.4 Å². The molecule has 1 heterocycles. The van der Waals surface area contributed by atoms with Gasteiger partial charge < -0.3 is 14.7 Å². The van der Waals surface area contributed by atoms with Gasteiger partial charge in [0.25, 0.3) is 0 Å². The third-order valence-corrected chi connectivity index (χ3v) is 3.99. The number of aromatic hydroxyl groups is 1. The Balaban J connectivity index is 0.000000774. The van der Waals surface area contributed by atoms with Crippen molar-refractivity contribution in [2.75, 3.05) is 17.3 Å². The van der Waals surface area contributed by atoms with Gasteiger partial charge in [-0.3, -0.25) is 0 Å². The monoisotopic (exact) mass is 477 g/mol. The lowest BCUT2D eigenvalue weighted by molar-refractivity contribution is 0.447. The van der Waals surface area contributed by atoms with Gasteiger partial charge in [0.1, 0.15) is 11.4 Å². The molecule has 0 saturated carbocycles. The molecular weight excluding hydrogens is 466 g/mol. The van der Waals surface area contributed by atoms with E-state index in [2.05, 4.69) is 47.8 Å². The van der Waals surface area contributed by atoms with E-state index in [1.165, 1.54) is 0 Å². The number of phenolic OH excluding ortho intramolecular Hbond substituents is 1. The van der Waals surface area contributed by atoms with E-state index in [-0.39, 0.29) is 5.75 Å². The Morgan fingerprint density at radius 2 is 1.76 bits per heavy atom. The second-order valence-corrected chi connectivity index (χ2v) is 6.06. The summed E-state index contributed by atoms with van der Waals surface area (Å²) in [5.41, 5.74) is 1.65. The average molecular weight is 480 g/mol. The molecule has 0 spiro atoms. The van der Waals surface area contributed by atoms with E-state index in [0.717, 1.165) is 26.9 Å². The lowest BCUT2D eigenvalue weighted by atomic mass is 10.1. The molecule has 1 N–H and O–H groups in total. The lowest BCUT2D eigenvalue weighted by Crippen LogP contribution is -2.20. The number of halogens is 3. The predicted molar refractivity (Wildman–Crippen MR) is 97.6 cm³/mol. The highest BCUT2D eigenvalue weighted by molar-refractivity contribution is 9.10. The normalized spacial score (nSPS) is 11.8. The van der Waals surface area contributed by atoms with Crippen LogP contribution in [0, 0.1) is 0 Å². The van der Waals surface area contributed by atoms with Crippen LogP contribution in [-0.4, -0.2) is 17.5 Å². The first-order chi connectivity index (χ1) is 10.1. The minimum atomic E-state index is 0.205. The summed E-state index contributed by atoms with van der Waals surface area (Å²) < 4.78 is 7.65. The average Bonchev–Trinajstić information content (AvgIpc) is 2.47. The van der Waals surface area contributed by atoms with Crippen molar-refractivity contribution in [3.05, 3.63) is 39.3 Å². The minimum Gasteiger partial charge on any atom is -0.506 e. The van der Waals surface area contributed by atoms with Crippen LogP contribution in [0.4, 0.5) is 11.4 Å². The molecule has 0 fully saturated rings. The summed E-state index contributed by atoms with van der Waals surface area (Å²) in [7, 11) is 0. The van der Waals surface area contributed by atoms with E-state index in [1.807, 2.05) is 41.9 Å². The quantitative estimate of drug-likeness (QED) is 0.495. The van der Waals surface area contributed by atoms with Gasteiger partial charge in [-0.1, -0.05) is 47.8 Å². The number of phenols is 1. The number of nitrogens with zero attached hydrogens (tertiary/aromatic N) is 1. The number of alkyl halides is 1. The summed E-state index contributed by atoms with van der Waals surface area (Å²) in [5.74, 6) is 3.46. The second kappa shape index (κ2) is 7.03. The predicted octanol–water partition coefficient (Wildman–Crippen LogP) is 6.19. The maximum absolute atomic E-state index is 10.2. The molecule has 2 aromatic carbocycles. The molecule has 0 amide bonds. The number of fused-ring (bicyclic) bond motifs is 2.